The van der Waals surface area contributed by atoms with E-state index in [9.17, 15) is 0 Å². The van der Waals surface area contributed by atoms with Gasteiger partial charge in [-0.25, -0.2) is 0 Å². The Kier molecular flexibility index (Phi) is 6.74. The molecule has 1 heterocycles. The molecule has 0 saturated heterocycles. The Morgan fingerprint density at radius 2 is 0.732 bits per heavy atom. The Balaban J connectivity index is 1.64. The zero-order chi connectivity index (χ0) is 28.9. The van der Waals surface area contributed by atoms with Crippen LogP contribution in [0.3, 0.4) is 0 Å². The summed E-state index contributed by atoms with van der Waals surface area (Å²) in [4.78, 5) is 5.19. The van der Waals surface area contributed by atoms with Crippen LogP contribution in [0.1, 0.15) is 43.0 Å². The predicted molar refractivity (Wildman–Crippen MR) is 177 cm³/mol. The summed E-state index contributed by atoms with van der Waals surface area (Å²) >= 11 is 0. The lowest BCUT2D eigenvalue weighted by Gasteiger charge is -2.43. The minimum Gasteiger partial charge on any atom is -0.317 e. The van der Waals surface area contributed by atoms with Crippen LogP contribution in [0.25, 0.3) is 22.3 Å². The molecule has 0 bridgehead atoms. The first-order valence-corrected chi connectivity index (χ1v) is 14.7. The highest BCUT2D eigenvalue weighted by Crippen LogP contribution is 2.55. The Bertz CT molecular complexity index is 1580. The third-order valence-electron chi connectivity index (χ3n) is 8.49. The lowest BCUT2D eigenvalue weighted by Crippen LogP contribution is -2.48. The molecule has 2 heteroatoms. The molecule has 206 valence electrons. The summed E-state index contributed by atoms with van der Waals surface area (Å²) in [5.41, 5.74) is 15.3. The highest BCUT2D eigenvalue weighted by molar-refractivity contribution is 5.97. The molecule has 0 saturated carbocycles. The van der Waals surface area contributed by atoms with Crippen LogP contribution in [0.5, 0.6) is 0 Å². The smallest absolute Gasteiger partial charge is 0.116 e. The molecule has 5 aromatic carbocycles. The lowest BCUT2D eigenvalue weighted by molar-refractivity contribution is 0.330. The maximum atomic E-state index is 2.60. The topological polar surface area (TPSA) is 6.48 Å². The Morgan fingerprint density at radius 1 is 0.415 bits per heavy atom. The van der Waals surface area contributed by atoms with Gasteiger partial charge in [-0.05, 0) is 85.3 Å². The molecule has 0 spiro atoms. The monoisotopic (exact) mass is 536 g/mol. The number of para-hydroxylation sites is 4. The normalized spacial score (nSPS) is 13.5. The molecule has 0 aliphatic carbocycles. The van der Waals surface area contributed by atoms with Crippen molar-refractivity contribution < 1.29 is 0 Å². The molecule has 41 heavy (non-hydrogen) atoms. The van der Waals surface area contributed by atoms with Gasteiger partial charge >= 0.3 is 0 Å². The fourth-order valence-corrected chi connectivity index (χ4v) is 6.82. The molecule has 5 aromatic rings. The van der Waals surface area contributed by atoms with Gasteiger partial charge in [0.25, 0.3) is 0 Å². The van der Waals surface area contributed by atoms with E-state index in [0.29, 0.717) is 0 Å². The summed E-state index contributed by atoms with van der Waals surface area (Å²) in [5.74, 6) is 0. The van der Waals surface area contributed by atoms with E-state index in [1.54, 1.807) is 0 Å². The van der Waals surface area contributed by atoms with Crippen LogP contribution in [-0.4, -0.2) is 6.17 Å². The van der Waals surface area contributed by atoms with Gasteiger partial charge in [0, 0.05) is 16.5 Å². The largest absolute Gasteiger partial charge is 0.317 e. The minimum absolute atomic E-state index is 0.0517. The van der Waals surface area contributed by atoms with Crippen LogP contribution in [0, 0.1) is 33.1 Å². The fourth-order valence-electron chi connectivity index (χ4n) is 6.82. The number of fused-ring (bicyclic) bond motifs is 1. The van der Waals surface area contributed by atoms with Crippen molar-refractivity contribution >= 4 is 22.7 Å². The van der Waals surface area contributed by atoms with Crippen LogP contribution in [0.2, 0.25) is 0 Å². The zero-order valence-corrected chi connectivity index (χ0v) is 25.4. The number of rotatable bonds is 4. The molecule has 0 N–H and O–H groups in total. The van der Waals surface area contributed by atoms with Gasteiger partial charge < -0.3 is 9.80 Å². The van der Waals surface area contributed by atoms with Crippen LogP contribution < -0.4 is 9.80 Å². The van der Waals surface area contributed by atoms with Crippen molar-refractivity contribution in [3.05, 3.63) is 131 Å². The molecule has 0 aromatic heterocycles. The van der Waals surface area contributed by atoms with Crippen molar-refractivity contribution in [2.24, 2.45) is 5.41 Å². The lowest BCUT2D eigenvalue weighted by atomic mass is 9.88. The van der Waals surface area contributed by atoms with Gasteiger partial charge in [0.15, 0.2) is 0 Å². The average Bonchev–Trinajstić information content (AvgIpc) is 3.29. The van der Waals surface area contributed by atoms with Crippen LogP contribution in [0.15, 0.2) is 109 Å². The highest BCUT2D eigenvalue weighted by Gasteiger charge is 2.45. The van der Waals surface area contributed by atoms with E-state index >= 15 is 0 Å². The van der Waals surface area contributed by atoms with E-state index in [0.717, 1.165) is 0 Å². The number of anilines is 4. The number of hydrogen-bond donors (Lipinski definition) is 0. The van der Waals surface area contributed by atoms with Gasteiger partial charge in [-0.15, -0.1) is 0 Å². The number of nitrogens with zero attached hydrogens (tertiary/aromatic N) is 2. The van der Waals surface area contributed by atoms with Crippen molar-refractivity contribution in [2.45, 2.75) is 54.6 Å². The van der Waals surface area contributed by atoms with Gasteiger partial charge in [-0.1, -0.05) is 106 Å². The minimum atomic E-state index is -0.0825. The van der Waals surface area contributed by atoms with E-state index in [2.05, 4.69) is 167 Å². The first-order valence-electron chi connectivity index (χ1n) is 14.7. The van der Waals surface area contributed by atoms with E-state index in [-0.39, 0.29) is 11.6 Å². The van der Waals surface area contributed by atoms with Crippen molar-refractivity contribution in [2.75, 3.05) is 9.80 Å². The van der Waals surface area contributed by atoms with Gasteiger partial charge in [0.2, 0.25) is 0 Å². The van der Waals surface area contributed by atoms with E-state index in [4.69, 9.17) is 0 Å². The third-order valence-corrected chi connectivity index (χ3v) is 8.49. The van der Waals surface area contributed by atoms with Gasteiger partial charge in [-0.2, -0.15) is 0 Å². The molecular formula is C39H40N2. The van der Waals surface area contributed by atoms with E-state index in [1.807, 2.05) is 0 Å². The summed E-state index contributed by atoms with van der Waals surface area (Å²) in [5, 5.41) is 0. The van der Waals surface area contributed by atoms with Crippen LogP contribution in [-0.2, 0) is 0 Å². The maximum absolute atomic E-state index is 2.60. The molecule has 6 rings (SSSR count). The third kappa shape index (κ3) is 4.52. The zero-order valence-electron chi connectivity index (χ0n) is 25.4. The Hall–Kier alpha value is -4.30. The Morgan fingerprint density at radius 3 is 1.07 bits per heavy atom. The van der Waals surface area contributed by atoms with Crippen molar-refractivity contribution in [3.63, 3.8) is 0 Å². The number of aryl methyl sites for hydroxylation is 4. The summed E-state index contributed by atoms with van der Waals surface area (Å²) in [6.07, 6.45) is 0.0517. The summed E-state index contributed by atoms with van der Waals surface area (Å²) in [6.45, 7) is 16.0. The van der Waals surface area contributed by atoms with E-state index in [1.165, 1.54) is 67.3 Å². The molecule has 0 fully saturated rings. The standard InChI is InChI=1S/C39H40N2/c1-26-16-14-17-27(2)36(26)30-20-8-10-22-32(30)40-34-24-12-13-25-35(34)41(38(40)39(5,6)7)33-23-11-9-21-31(33)37-28(3)18-15-19-29(37)4/h8-25,38H,1-7H3. The van der Waals surface area contributed by atoms with Crippen molar-refractivity contribution in [1.29, 1.82) is 0 Å². The summed E-state index contributed by atoms with van der Waals surface area (Å²) < 4.78 is 0. The molecule has 0 amide bonds. The summed E-state index contributed by atoms with van der Waals surface area (Å²) in [7, 11) is 0. The molecule has 0 atom stereocenters. The maximum Gasteiger partial charge on any atom is 0.116 e. The van der Waals surface area contributed by atoms with Crippen molar-refractivity contribution in [3.8, 4) is 22.3 Å². The molecule has 1 aliphatic rings. The highest BCUT2D eigenvalue weighted by atomic mass is 15.4. The SMILES string of the molecule is Cc1cccc(C)c1-c1ccccc1N1c2ccccc2N(c2ccccc2-c2c(C)cccc2C)C1C(C)(C)C. The van der Waals surface area contributed by atoms with Gasteiger partial charge in [-0.3, -0.25) is 0 Å². The first-order chi connectivity index (χ1) is 19.7. The van der Waals surface area contributed by atoms with Crippen LogP contribution >= 0.6 is 0 Å². The molecule has 2 nitrogen and oxygen atoms in total. The number of benzene rings is 5. The quantitative estimate of drug-likeness (QED) is 0.225. The average molecular weight is 537 g/mol. The molecule has 0 unspecified atom stereocenters. The second kappa shape index (κ2) is 10.3. The molecular weight excluding hydrogens is 496 g/mol. The first kappa shape index (κ1) is 26.9. The second-order valence-corrected chi connectivity index (χ2v) is 12.5. The van der Waals surface area contributed by atoms with Crippen LogP contribution in [0.4, 0.5) is 22.7 Å². The number of hydrogen-bond acceptors (Lipinski definition) is 2. The molecule has 0 radical (unpaired) electrons. The predicted octanol–water partition coefficient (Wildman–Crippen LogP) is 10.9. The van der Waals surface area contributed by atoms with Gasteiger partial charge in [0.1, 0.15) is 6.17 Å². The van der Waals surface area contributed by atoms with Crippen molar-refractivity contribution in [1.82, 2.24) is 0 Å². The fraction of sp³-hybridized carbons (Fsp3) is 0.231. The molecule has 1 aliphatic heterocycles. The Labute approximate surface area is 245 Å². The van der Waals surface area contributed by atoms with Gasteiger partial charge in [0.05, 0.1) is 22.7 Å². The van der Waals surface area contributed by atoms with E-state index < -0.39 is 0 Å². The second-order valence-electron chi connectivity index (χ2n) is 12.5. The summed E-state index contributed by atoms with van der Waals surface area (Å²) in [6, 6.07) is 40.1.